The van der Waals surface area contributed by atoms with Gasteiger partial charge in [0, 0.05) is 12.1 Å². The summed E-state index contributed by atoms with van der Waals surface area (Å²) in [5.41, 5.74) is 4.81. The Labute approximate surface area is 73.1 Å². The van der Waals surface area contributed by atoms with E-state index in [-0.39, 0.29) is 24.6 Å². The molecule has 0 radical (unpaired) electrons. The van der Waals surface area contributed by atoms with Crippen molar-refractivity contribution in [1.29, 1.82) is 0 Å². The number of aliphatic hydroxyl groups excluding tert-OH is 1. The first-order valence-corrected chi connectivity index (χ1v) is 4.18. The topological polar surface area (TPSA) is 75.3 Å². The molecule has 0 fully saturated rings. The van der Waals surface area contributed by atoms with Crippen molar-refractivity contribution in [2.45, 2.75) is 32.2 Å². The van der Waals surface area contributed by atoms with Gasteiger partial charge in [0.1, 0.15) is 0 Å². The predicted molar refractivity (Wildman–Crippen MR) is 47.6 cm³/mol. The van der Waals surface area contributed by atoms with Gasteiger partial charge in [-0.2, -0.15) is 0 Å². The highest BCUT2D eigenvalue weighted by molar-refractivity contribution is 5.75. The van der Waals surface area contributed by atoms with Crippen molar-refractivity contribution >= 4 is 5.91 Å². The first-order chi connectivity index (χ1) is 5.54. The van der Waals surface area contributed by atoms with Crippen LogP contribution in [-0.2, 0) is 4.79 Å². The lowest BCUT2D eigenvalue weighted by molar-refractivity contribution is -0.117. The van der Waals surface area contributed by atoms with Crippen LogP contribution in [0.15, 0.2) is 0 Å². The zero-order valence-corrected chi connectivity index (χ0v) is 7.76. The molecule has 0 heterocycles. The van der Waals surface area contributed by atoms with Crippen LogP contribution in [0.2, 0.25) is 0 Å². The number of rotatable bonds is 6. The SMILES string of the molecule is CCC(C)(CCO)NCC(N)=O. The third-order valence-corrected chi connectivity index (χ3v) is 2.13. The highest BCUT2D eigenvalue weighted by Crippen LogP contribution is 2.12. The van der Waals surface area contributed by atoms with Gasteiger partial charge >= 0.3 is 0 Å². The number of amides is 1. The minimum atomic E-state index is -0.368. The highest BCUT2D eigenvalue weighted by Gasteiger charge is 2.20. The van der Waals surface area contributed by atoms with E-state index in [0.717, 1.165) is 6.42 Å². The molecule has 72 valence electrons. The molecule has 0 aromatic rings. The van der Waals surface area contributed by atoms with Gasteiger partial charge in [-0.1, -0.05) is 6.92 Å². The minimum absolute atomic E-state index is 0.121. The van der Waals surface area contributed by atoms with E-state index in [1.807, 2.05) is 13.8 Å². The molecular formula is C8H18N2O2. The molecule has 0 aliphatic heterocycles. The van der Waals surface area contributed by atoms with Crippen LogP contribution in [0.25, 0.3) is 0 Å². The molecular weight excluding hydrogens is 156 g/mol. The molecule has 1 unspecified atom stereocenters. The largest absolute Gasteiger partial charge is 0.396 e. The maximum Gasteiger partial charge on any atom is 0.231 e. The van der Waals surface area contributed by atoms with Crippen LogP contribution in [0.5, 0.6) is 0 Å². The lowest BCUT2D eigenvalue weighted by atomic mass is 9.95. The summed E-state index contributed by atoms with van der Waals surface area (Å²) < 4.78 is 0. The van der Waals surface area contributed by atoms with E-state index in [2.05, 4.69) is 5.32 Å². The van der Waals surface area contributed by atoms with E-state index in [4.69, 9.17) is 10.8 Å². The quantitative estimate of drug-likeness (QED) is 0.513. The van der Waals surface area contributed by atoms with Crippen LogP contribution in [0, 0.1) is 0 Å². The molecule has 4 N–H and O–H groups in total. The maximum absolute atomic E-state index is 10.5. The van der Waals surface area contributed by atoms with Gasteiger partial charge in [-0.25, -0.2) is 0 Å². The lowest BCUT2D eigenvalue weighted by Crippen LogP contribution is -2.46. The van der Waals surface area contributed by atoms with Crippen LogP contribution >= 0.6 is 0 Å². The average molecular weight is 174 g/mol. The molecule has 0 aliphatic carbocycles. The predicted octanol–water partition coefficient (Wildman–Crippen LogP) is -0.388. The van der Waals surface area contributed by atoms with E-state index < -0.39 is 0 Å². The Kier molecular flexibility index (Phi) is 4.85. The van der Waals surface area contributed by atoms with Gasteiger partial charge in [0.15, 0.2) is 0 Å². The molecule has 0 bridgehead atoms. The first-order valence-electron chi connectivity index (χ1n) is 4.18. The highest BCUT2D eigenvalue weighted by atomic mass is 16.3. The van der Waals surface area contributed by atoms with E-state index in [9.17, 15) is 4.79 Å². The van der Waals surface area contributed by atoms with Gasteiger partial charge < -0.3 is 16.2 Å². The van der Waals surface area contributed by atoms with E-state index in [1.54, 1.807) is 0 Å². The molecule has 0 saturated heterocycles. The normalized spacial score (nSPS) is 15.6. The zero-order valence-electron chi connectivity index (χ0n) is 7.76. The first kappa shape index (κ1) is 11.4. The summed E-state index contributed by atoms with van der Waals surface area (Å²) in [6, 6.07) is 0. The number of aliphatic hydroxyl groups is 1. The Hall–Kier alpha value is -0.610. The Morgan fingerprint density at radius 2 is 2.25 bits per heavy atom. The summed E-state index contributed by atoms with van der Waals surface area (Å²) in [6.07, 6.45) is 1.50. The van der Waals surface area contributed by atoms with Crippen LogP contribution in [0.1, 0.15) is 26.7 Å². The molecule has 1 amide bonds. The van der Waals surface area contributed by atoms with E-state index in [1.165, 1.54) is 0 Å². The van der Waals surface area contributed by atoms with Gasteiger partial charge in [-0.15, -0.1) is 0 Å². The summed E-state index contributed by atoms with van der Waals surface area (Å²) >= 11 is 0. The Morgan fingerprint density at radius 3 is 2.58 bits per heavy atom. The smallest absolute Gasteiger partial charge is 0.231 e. The fourth-order valence-electron chi connectivity index (χ4n) is 0.937. The van der Waals surface area contributed by atoms with Crippen molar-refractivity contribution in [2.75, 3.05) is 13.2 Å². The molecule has 1 atom stereocenters. The van der Waals surface area contributed by atoms with Crippen molar-refractivity contribution < 1.29 is 9.90 Å². The Bertz CT molecular complexity index is 150. The summed E-state index contributed by atoms with van der Waals surface area (Å²) in [5, 5.41) is 11.8. The Balaban J connectivity index is 3.86. The average Bonchev–Trinajstić information content (AvgIpc) is 2.02. The lowest BCUT2D eigenvalue weighted by Gasteiger charge is -2.28. The van der Waals surface area contributed by atoms with Gasteiger partial charge in [-0.3, -0.25) is 4.79 Å². The van der Waals surface area contributed by atoms with Crippen molar-refractivity contribution in [3.63, 3.8) is 0 Å². The number of nitrogens with two attached hydrogens (primary N) is 1. The van der Waals surface area contributed by atoms with Crippen LogP contribution < -0.4 is 11.1 Å². The van der Waals surface area contributed by atoms with Crippen LogP contribution in [0.3, 0.4) is 0 Å². The summed E-state index contributed by atoms with van der Waals surface area (Å²) in [7, 11) is 0. The third-order valence-electron chi connectivity index (χ3n) is 2.13. The van der Waals surface area contributed by atoms with Crippen LogP contribution in [-0.4, -0.2) is 29.7 Å². The molecule has 4 nitrogen and oxygen atoms in total. The molecule has 0 aromatic carbocycles. The van der Waals surface area contributed by atoms with Gasteiger partial charge in [0.2, 0.25) is 5.91 Å². The zero-order chi connectivity index (χ0) is 9.61. The molecule has 0 aromatic heterocycles. The molecule has 0 saturated carbocycles. The van der Waals surface area contributed by atoms with Gasteiger partial charge in [0.05, 0.1) is 6.54 Å². The fraction of sp³-hybridized carbons (Fsp3) is 0.875. The maximum atomic E-state index is 10.5. The monoisotopic (exact) mass is 174 g/mol. The van der Waals surface area contributed by atoms with E-state index in [0.29, 0.717) is 6.42 Å². The summed E-state index contributed by atoms with van der Waals surface area (Å²) in [4.78, 5) is 10.5. The third kappa shape index (κ3) is 4.31. The Morgan fingerprint density at radius 1 is 1.67 bits per heavy atom. The number of primary amides is 1. The van der Waals surface area contributed by atoms with Crippen molar-refractivity contribution in [1.82, 2.24) is 5.32 Å². The van der Waals surface area contributed by atoms with Crippen LogP contribution in [0.4, 0.5) is 0 Å². The number of hydrogen-bond acceptors (Lipinski definition) is 3. The fourth-order valence-corrected chi connectivity index (χ4v) is 0.937. The second-order valence-corrected chi connectivity index (χ2v) is 3.21. The second-order valence-electron chi connectivity index (χ2n) is 3.21. The number of hydrogen-bond donors (Lipinski definition) is 3. The molecule has 0 spiro atoms. The molecule has 12 heavy (non-hydrogen) atoms. The minimum Gasteiger partial charge on any atom is -0.396 e. The van der Waals surface area contributed by atoms with Crippen molar-refractivity contribution in [2.24, 2.45) is 5.73 Å². The summed E-state index contributed by atoms with van der Waals surface area (Å²) in [6.45, 7) is 4.26. The van der Waals surface area contributed by atoms with Crippen molar-refractivity contribution in [3.8, 4) is 0 Å². The second kappa shape index (κ2) is 5.11. The molecule has 4 heteroatoms. The number of nitrogens with one attached hydrogen (secondary N) is 1. The van der Waals surface area contributed by atoms with Gasteiger partial charge in [0.25, 0.3) is 0 Å². The standard InChI is InChI=1S/C8H18N2O2/c1-3-8(2,4-5-11)10-6-7(9)12/h10-11H,3-6H2,1-2H3,(H2,9,12). The van der Waals surface area contributed by atoms with E-state index >= 15 is 0 Å². The number of carbonyl (C=O) groups excluding carboxylic acids is 1. The molecule has 0 aliphatic rings. The number of carbonyl (C=O) groups is 1. The summed E-state index contributed by atoms with van der Waals surface area (Å²) in [5.74, 6) is -0.368. The van der Waals surface area contributed by atoms with Crippen molar-refractivity contribution in [3.05, 3.63) is 0 Å². The van der Waals surface area contributed by atoms with Gasteiger partial charge in [-0.05, 0) is 19.8 Å². The molecule has 0 rings (SSSR count).